The van der Waals surface area contributed by atoms with Gasteiger partial charge in [-0.3, -0.25) is 25.1 Å². The second-order valence-corrected chi connectivity index (χ2v) is 8.03. The summed E-state index contributed by atoms with van der Waals surface area (Å²) in [6, 6.07) is 23.9. The Labute approximate surface area is 203 Å². The molecule has 8 heteroatoms. The Morgan fingerprint density at radius 1 is 0.743 bits per heavy atom. The van der Waals surface area contributed by atoms with Gasteiger partial charge in [0.2, 0.25) is 0 Å². The molecule has 35 heavy (non-hydrogen) atoms. The number of Topliss-reactive ketones (excluding diaryl/α,β-unsaturated/α-hetero) is 2. The summed E-state index contributed by atoms with van der Waals surface area (Å²) in [5, 5.41) is 6.34. The summed E-state index contributed by atoms with van der Waals surface area (Å²) in [7, 11) is 0. The molecule has 180 valence electrons. The molecule has 0 aromatic heterocycles. The number of hydrogen-bond acceptors (Lipinski definition) is 8. The highest BCUT2D eigenvalue weighted by Gasteiger charge is 2.30. The third-order valence-corrected chi connectivity index (χ3v) is 5.57. The van der Waals surface area contributed by atoms with Crippen molar-refractivity contribution in [3.63, 3.8) is 0 Å². The molecular formula is C27H27N3O5. The normalized spacial score (nSPS) is 14.6. The minimum atomic E-state index is -0.723. The number of esters is 1. The molecule has 0 amide bonds. The van der Waals surface area contributed by atoms with Gasteiger partial charge in [-0.2, -0.15) is 0 Å². The lowest BCUT2D eigenvalue weighted by molar-refractivity contribution is -0.150. The van der Waals surface area contributed by atoms with E-state index in [2.05, 4.69) is 10.6 Å². The Morgan fingerprint density at radius 2 is 1.29 bits per heavy atom. The zero-order valence-corrected chi connectivity index (χ0v) is 19.2. The van der Waals surface area contributed by atoms with E-state index >= 15 is 0 Å². The highest BCUT2D eigenvalue weighted by molar-refractivity contribution is 5.98. The van der Waals surface area contributed by atoms with Crippen LogP contribution in [0, 0.1) is 0 Å². The minimum absolute atomic E-state index is 0.0869. The Kier molecular flexibility index (Phi) is 8.34. The Hall–Kier alpha value is -3.85. The Morgan fingerprint density at radius 3 is 1.86 bits per heavy atom. The van der Waals surface area contributed by atoms with E-state index in [1.807, 2.05) is 17.0 Å². The van der Waals surface area contributed by atoms with E-state index in [0.29, 0.717) is 42.4 Å². The van der Waals surface area contributed by atoms with Gasteiger partial charge in [0, 0.05) is 17.8 Å². The molecule has 1 fully saturated rings. The predicted molar refractivity (Wildman–Crippen MR) is 130 cm³/mol. The lowest BCUT2D eigenvalue weighted by Gasteiger charge is -2.34. The molecule has 1 aliphatic rings. The van der Waals surface area contributed by atoms with E-state index < -0.39 is 12.0 Å². The first kappa shape index (κ1) is 24.3. The van der Waals surface area contributed by atoms with E-state index in [-0.39, 0.29) is 24.8 Å². The molecule has 1 unspecified atom stereocenters. The van der Waals surface area contributed by atoms with Crippen LogP contribution in [-0.2, 0) is 9.53 Å². The quantitative estimate of drug-likeness (QED) is 0.343. The number of rotatable bonds is 10. The summed E-state index contributed by atoms with van der Waals surface area (Å²) in [6.45, 7) is 1.16. The van der Waals surface area contributed by atoms with Crippen LogP contribution in [0.15, 0.2) is 84.9 Å². The summed E-state index contributed by atoms with van der Waals surface area (Å²) in [6.07, 6.45) is 0. The van der Waals surface area contributed by atoms with Crippen LogP contribution in [0.25, 0.3) is 0 Å². The molecule has 1 aliphatic heterocycles. The van der Waals surface area contributed by atoms with Gasteiger partial charge in [0.05, 0.1) is 13.3 Å². The molecule has 0 aliphatic carbocycles. The average Bonchev–Trinajstić information content (AvgIpc) is 2.93. The summed E-state index contributed by atoms with van der Waals surface area (Å²) >= 11 is 0. The minimum Gasteiger partial charge on any atom is -0.485 e. The van der Waals surface area contributed by atoms with Gasteiger partial charge in [0.1, 0.15) is 11.8 Å². The van der Waals surface area contributed by atoms with E-state index in [1.165, 1.54) is 0 Å². The van der Waals surface area contributed by atoms with Crippen molar-refractivity contribution in [2.24, 2.45) is 0 Å². The molecule has 1 heterocycles. The van der Waals surface area contributed by atoms with Gasteiger partial charge in [-0.25, -0.2) is 4.79 Å². The average molecular weight is 474 g/mol. The van der Waals surface area contributed by atoms with Crippen molar-refractivity contribution >= 4 is 17.5 Å². The van der Waals surface area contributed by atoms with Crippen LogP contribution in [-0.4, -0.2) is 55.7 Å². The Balaban J connectivity index is 1.41. The SMILES string of the molecule is O=C(COC(=O)C(c1ccc(OCC(=O)c2ccccc2)cc1)N1CNCNC1)c1ccccc1. The molecule has 1 atom stereocenters. The molecule has 2 N–H and O–H groups in total. The van der Waals surface area contributed by atoms with Crippen molar-refractivity contribution < 1.29 is 23.9 Å². The zero-order valence-electron chi connectivity index (χ0n) is 19.2. The highest BCUT2D eigenvalue weighted by atomic mass is 16.5. The maximum Gasteiger partial charge on any atom is 0.328 e. The fourth-order valence-corrected chi connectivity index (χ4v) is 3.75. The van der Waals surface area contributed by atoms with Crippen LogP contribution in [0.3, 0.4) is 0 Å². The number of benzene rings is 3. The van der Waals surface area contributed by atoms with Crippen LogP contribution in [0.1, 0.15) is 32.3 Å². The predicted octanol–water partition coefficient (Wildman–Crippen LogP) is 2.78. The van der Waals surface area contributed by atoms with Crippen molar-refractivity contribution in [2.75, 3.05) is 33.2 Å². The number of ether oxygens (including phenoxy) is 2. The fraction of sp³-hybridized carbons (Fsp3) is 0.222. The molecule has 3 aromatic carbocycles. The standard InChI is InChI=1S/C27H27N3O5/c31-24(20-7-3-1-4-8-20)15-34-23-13-11-22(12-14-23)26(30-18-28-17-29-19-30)27(33)35-16-25(32)21-9-5-2-6-10-21/h1-14,26,28-29H,15-19H2. The van der Waals surface area contributed by atoms with Gasteiger partial charge < -0.3 is 9.47 Å². The summed E-state index contributed by atoms with van der Waals surface area (Å²) in [5.41, 5.74) is 1.76. The first-order valence-corrected chi connectivity index (χ1v) is 11.3. The topological polar surface area (TPSA) is 97.0 Å². The second kappa shape index (κ2) is 12.0. The van der Waals surface area contributed by atoms with Crippen LogP contribution in [0.2, 0.25) is 0 Å². The third-order valence-electron chi connectivity index (χ3n) is 5.57. The monoisotopic (exact) mass is 473 g/mol. The van der Waals surface area contributed by atoms with Crippen molar-refractivity contribution in [1.29, 1.82) is 0 Å². The number of nitrogens with zero attached hydrogens (tertiary/aromatic N) is 1. The lowest BCUT2D eigenvalue weighted by Crippen LogP contribution is -2.53. The first-order chi connectivity index (χ1) is 17.1. The third kappa shape index (κ3) is 6.60. The summed E-state index contributed by atoms with van der Waals surface area (Å²) in [4.78, 5) is 39.7. The van der Waals surface area contributed by atoms with Gasteiger partial charge in [-0.15, -0.1) is 0 Å². The van der Waals surface area contributed by atoms with Crippen LogP contribution < -0.4 is 15.4 Å². The molecule has 8 nitrogen and oxygen atoms in total. The molecule has 3 aromatic rings. The molecule has 4 rings (SSSR count). The molecule has 1 saturated heterocycles. The smallest absolute Gasteiger partial charge is 0.328 e. The Bertz CT molecular complexity index is 1130. The first-order valence-electron chi connectivity index (χ1n) is 11.3. The molecular weight excluding hydrogens is 446 g/mol. The van der Waals surface area contributed by atoms with Gasteiger partial charge in [-0.1, -0.05) is 72.8 Å². The number of hydrogen-bond donors (Lipinski definition) is 2. The van der Waals surface area contributed by atoms with Crippen LogP contribution in [0.4, 0.5) is 0 Å². The molecule has 0 radical (unpaired) electrons. The number of nitrogens with one attached hydrogen (secondary N) is 2. The van der Waals surface area contributed by atoms with Crippen LogP contribution >= 0.6 is 0 Å². The van der Waals surface area contributed by atoms with E-state index in [9.17, 15) is 14.4 Å². The van der Waals surface area contributed by atoms with Crippen LogP contribution in [0.5, 0.6) is 5.75 Å². The zero-order chi connectivity index (χ0) is 24.5. The number of carbonyl (C=O) groups excluding carboxylic acids is 3. The molecule has 0 saturated carbocycles. The van der Waals surface area contributed by atoms with E-state index in [1.54, 1.807) is 72.8 Å². The van der Waals surface area contributed by atoms with Crippen molar-refractivity contribution in [2.45, 2.75) is 6.04 Å². The van der Waals surface area contributed by atoms with Gasteiger partial charge in [-0.05, 0) is 17.7 Å². The van der Waals surface area contributed by atoms with Crippen molar-refractivity contribution in [3.8, 4) is 5.75 Å². The van der Waals surface area contributed by atoms with E-state index in [0.717, 1.165) is 0 Å². The van der Waals surface area contributed by atoms with Gasteiger partial charge in [0.25, 0.3) is 0 Å². The summed E-state index contributed by atoms with van der Waals surface area (Å²) in [5.74, 6) is -0.392. The maximum absolute atomic E-state index is 13.1. The van der Waals surface area contributed by atoms with Gasteiger partial charge >= 0.3 is 5.97 Å². The largest absolute Gasteiger partial charge is 0.485 e. The van der Waals surface area contributed by atoms with E-state index in [4.69, 9.17) is 9.47 Å². The number of ketones is 2. The fourth-order valence-electron chi connectivity index (χ4n) is 3.75. The molecule has 0 spiro atoms. The number of carbonyl (C=O) groups is 3. The summed E-state index contributed by atoms with van der Waals surface area (Å²) < 4.78 is 11.1. The maximum atomic E-state index is 13.1. The molecule has 0 bridgehead atoms. The lowest BCUT2D eigenvalue weighted by atomic mass is 10.1. The van der Waals surface area contributed by atoms with Crippen molar-refractivity contribution in [3.05, 3.63) is 102 Å². The van der Waals surface area contributed by atoms with Gasteiger partial charge in [0.15, 0.2) is 24.8 Å². The van der Waals surface area contributed by atoms with Crippen molar-refractivity contribution in [1.82, 2.24) is 15.5 Å². The second-order valence-electron chi connectivity index (χ2n) is 8.03. The highest BCUT2D eigenvalue weighted by Crippen LogP contribution is 2.25.